The molecule has 0 fully saturated rings. The summed E-state index contributed by atoms with van der Waals surface area (Å²) in [5.41, 5.74) is 4.25. The van der Waals surface area contributed by atoms with E-state index in [4.69, 9.17) is 16.3 Å². The van der Waals surface area contributed by atoms with Gasteiger partial charge in [-0.1, -0.05) is 31.5 Å². The Bertz CT molecular complexity index is 574. The van der Waals surface area contributed by atoms with Gasteiger partial charge in [-0.05, 0) is 50.4 Å². The Morgan fingerprint density at radius 3 is 2.05 bits per heavy atom. The highest BCUT2D eigenvalue weighted by Crippen LogP contribution is 2.30. The molecule has 0 aliphatic carbocycles. The number of rotatable bonds is 2. The number of hydrogen-bond acceptors (Lipinski definition) is 3. The van der Waals surface area contributed by atoms with Gasteiger partial charge in [0.2, 0.25) is 11.2 Å². The molecule has 0 saturated carbocycles. The minimum absolute atomic E-state index is 0.193. The maximum Gasteiger partial charge on any atom is 0.226 e. The topological polar surface area (TPSA) is 35.0 Å². The van der Waals surface area contributed by atoms with Crippen LogP contribution in [0.2, 0.25) is 5.28 Å². The van der Waals surface area contributed by atoms with Crippen molar-refractivity contribution in [1.29, 1.82) is 0 Å². The molecular formula is C16H21ClN2O. The van der Waals surface area contributed by atoms with Crippen molar-refractivity contribution in [2.45, 2.75) is 41.5 Å². The molecule has 1 aromatic carbocycles. The normalized spacial score (nSPS) is 9.75. The molecule has 108 valence electrons. The van der Waals surface area contributed by atoms with E-state index in [0.717, 1.165) is 22.4 Å². The molecule has 20 heavy (non-hydrogen) atoms. The Labute approximate surface area is 126 Å². The second-order valence-electron chi connectivity index (χ2n) is 4.46. The largest absolute Gasteiger partial charge is 0.438 e. The molecule has 1 aromatic heterocycles. The number of nitrogens with zero attached hydrogens (tertiary/aromatic N) is 2. The molecule has 0 unspecified atom stereocenters. The van der Waals surface area contributed by atoms with Crippen LogP contribution in [0.25, 0.3) is 0 Å². The van der Waals surface area contributed by atoms with E-state index in [0.29, 0.717) is 5.88 Å². The summed E-state index contributed by atoms with van der Waals surface area (Å²) in [6, 6.07) is 4.17. The molecule has 1 heterocycles. The number of aryl methyl sites for hydroxylation is 4. The molecule has 0 aliphatic heterocycles. The molecule has 0 atom stereocenters. The van der Waals surface area contributed by atoms with E-state index in [-0.39, 0.29) is 5.28 Å². The molecule has 0 aliphatic rings. The molecule has 3 nitrogen and oxygen atoms in total. The first-order chi connectivity index (χ1) is 9.47. The highest BCUT2D eigenvalue weighted by molar-refractivity contribution is 6.28. The number of ether oxygens (including phenoxy) is 1. The zero-order chi connectivity index (χ0) is 15.3. The summed E-state index contributed by atoms with van der Waals surface area (Å²) >= 11 is 5.79. The van der Waals surface area contributed by atoms with Gasteiger partial charge in [0.1, 0.15) is 5.75 Å². The third-order valence-electron chi connectivity index (χ3n) is 2.70. The van der Waals surface area contributed by atoms with Gasteiger partial charge in [0, 0.05) is 11.8 Å². The van der Waals surface area contributed by atoms with Crippen LogP contribution in [0.1, 0.15) is 36.1 Å². The van der Waals surface area contributed by atoms with Crippen LogP contribution in [0.15, 0.2) is 18.3 Å². The van der Waals surface area contributed by atoms with Crippen LogP contribution in [0.3, 0.4) is 0 Å². The fourth-order valence-electron chi connectivity index (χ4n) is 1.93. The van der Waals surface area contributed by atoms with E-state index in [2.05, 4.69) is 29.0 Å². The Kier molecular flexibility index (Phi) is 5.96. The first-order valence-electron chi connectivity index (χ1n) is 6.72. The minimum atomic E-state index is 0.193. The highest BCUT2D eigenvalue weighted by Gasteiger charge is 2.10. The third-order valence-corrected chi connectivity index (χ3v) is 2.88. The Balaban J connectivity index is 0.000000956. The molecular weight excluding hydrogens is 272 g/mol. The lowest BCUT2D eigenvalue weighted by Gasteiger charge is -2.13. The van der Waals surface area contributed by atoms with Crippen molar-refractivity contribution in [3.8, 4) is 11.6 Å². The number of hydrogen-bond donors (Lipinski definition) is 0. The van der Waals surface area contributed by atoms with Crippen molar-refractivity contribution < 1.29 is 4.74 Å². The average molecular weight is 293 g/mol. The maximum atomic E-state index is 5.87. The average Bonchev–Trinajstić information content (AvgIpc) is 2.40. The van der Waals surface area contributed by atoms with E-state index in [1.165, 1.54) is 5.56 Å². The quantitative estimate of drug-likeness (QED) is 0.715. The summed E-state index contributed by atoms with van der Waals surface area (Å²) < 4.78 is 5.87. The zero-order valence-corrected chi connectivity index (χ0v) is 13.7. The Morgan fingerprint density at radius 2 is 1.50 bits per heavy atom. The van der Waals surface area contributed by atoms with E-state index in [1.807, 2.05) is 34.6 Å². The number of benzene rings is 1. The van der Waals surface area contributed by atoms with E-state index >= 15 is 0 Å². The molecule has 0 amide bonds. The van der Waals surface area contributed by atoms with Crippen molar-refractivity contribution in [3.05, 3.63) is 45.9 Å². The fourth-order valence-corrected chi connectivity index (χ4v) is 2.06. The van der Waals surface area contributed by atoms with Crippen LogP contribution in [-0.4, -0.2) is 9.97 Å². The monoisotopic (exact) mass is 292 g/mol. The van der Waals surface area contributed by atoms with Gasteiger partial charge in [0.25, 0.3) is 0 Å². The predicted molar refractivity (Wildman–Crippen MR) is 83.9 cm³/mol. The SMILES string of the molecule is CC.Cc1cc(C)c(Oc2nc(Cl)ncc2C)c(C)c1. The lowest BCUT2D eigenvalue weighted by Crippen LogP contribution is -1.97. The number of aromatic nitrogens is 2. The second-order valence-corrected chi connectivity index (χ2v) is 4.80. The van der Waals surface area contributed by atoms with Crippen molar-refractivity contribution in [3.63, 3.8) is 0 Å². The number of halogens is 1. The Hall–Kier alpha value is -1.61. The third kappa shape index (κ3) is 3.94. The molecule has 2 aromatic rings. The molecule has 2 rings (SSSR count). The first-order valence-corrected chi connectivity index (χ1v) is 7.10. The van der Waals surface area contributed by atoms with Crippen LogP contribution >= 0.6 is 11.6 Å². The molecule has 4 heteroatoms. The van der Waals surface area contributed by atoms with Gasteiger partial charge in [-0.15, -0.1) is 0 Å². The summed E-state index contributed by atoms with van der Waals surface area (Å²) in [7, 11) is 0. The lowest BCUT2D eigenvalue weighted by atomic mass is 10.1. The smallest absolute Gasteiger partial charge is 0.226 e. The van der Waals surface area contributed by atoms with Crippen LogP contribution in [0.5, 0.6) is 11.6 Å². The molecule has 0 saturated heterocycles. The predicted octanol–water partition coefficient (Wildman–Crippen LogP) is 5.18. The second kappa shape index (κ2) is 7.25. The molecule has 0 N–H and O–H groups in total. The highest BCUT2D eigenvalue weighted by atomic mass is 35.5. The zero-order valence-electron chi connectivity index (χ0n) is 12.9. The lowest BCUT2D eigenvalue weighted by molar-refractivity contribution is 0.450. The van der Waals surface area contributed by atoms with Crippen molar-refractivity contribution in [2.75, 3.05) is 0 Å². The van der Waals surface area contributed by atoms with Gasteiger partial charge >= 0.3 is 0 Å². The van der Waals surface area contributed by atoms with E-state index < -0.39 is 0 Å². The summed E-state index contributed by atoms with van der Waals surface area (Å²) in [6.07, 6.45) is 1.66. The van der Waals surface area contributed by atoms with Gasteiger partial charge in [0.15, 0.2) is 0 Å². The summed E-state index contributed by atoms with van der Waals surface area (Å²) in [5, 5.41) is 0.193. The fraction of sp³-hybridized carbons (Fsp3) is 0.375. The van der Waals surface area contributed by atoms with Crippen LogP contribution in [-0.2, 0) is 0 Å². The molecule has 0 spiro atoms. The maximum absolute atomic E-state index is 5.87. The summed E-state index contributed by atoms with van der Waals surface area (Å²) in [6.45, 7) is 12.0. The standard InChI is InChI=1S/C14H15ClN2O.C2H6/c1-8-5-9(2)12(10(3)6-8)18-13-11(4)7-16-14(15)17-13;1-2/h5-7H,1-4H3;1-2H3. The summed E-state index contributed by atoms with van der Waals surface area (Å²) in [4.78, 5) is 8.02. The van der Waals surface area contributed by atoms with E-state index in [1.54, 1.807) is 6.20 Å². The van der Waals surface area contributed by atoms with Gasteiger partial charge < -0.3 is 4.74 Å². The van der Waals surface area contributed by atoms with Crippen LogP contribution in [0.4, 0.5) is 0 Å². The van der Waals surface area contributed by atoms with Gasteiger partial charge in [0.05, 0.1) is 0 Å². The first kappa shape index (κ1) is 16.4. The van der Waals surface area contributed by atoms with Gasteiger partial charge in [-0.2, -0.15) is 4.98 Å². The molecule has 0 radical (unpaired) electrons. The van der Waals surface area contributed by atoms with Crippen LogP contribution < -0.4 is 4.74 Å². The molecule has 0 bridgehead atoms. The van der Waals surface area contributed by atoms with Crippen LogP contribution in [0, 0.1) is 27.7 Å². The van der Waals surface area contributed by atoms with E-state index in [9.17, 15) is 0 Å². The van der Waals surface area contributed by atoms with Crippen molar-refractivity contribution in [1.82, 2.24) is 9.97 Å². The Morgan fingerprint density at radius 1 is 0.950 bits per heavy atom. The minimum Gasteiger partial charge on any atom is -0.438 e. The summed E-state index contributed by atoms with van der Waals surface area (Å²) in [5.74, 6) is 1.34. The van der Waals surface area contributed by atoms with Crippen molar-refractivity contribution >= 4 is 11.6 Å². The van der Waals surface area contributed by atoms with Gasteiger partial charge in [-0.3, -0.25) is 0 Å². The van der Waals surface area contributed by atoms with Gasteiger partial charge in [-0.25, -0.2) is 4.98 Å². The van der Waals surface area contributed by atoms with Crippen molar-refractivity contribution in [2.24, 2.45) is 0 Å².